The minimum atomic E-state index is -0.343. The first kappa shape index (κ1) is 27.4. The molecule has 0 radical (unpaired) electrons. The molecule has 0 spiro atoms. The maximum absolute atomic E-state index is 13.0. The van der Waals surface area contributed by atoms with Crippen molar-refractivity contribution in [1.82, 2.24) is 25.8 Å². The lowest BCUT2D eigenvalue weighted by Crippen LogP contribution is -2.41. The molecule has 10 heteroatoms. The zero-order valence-corrected chi connectivity index (χ0v) is 21.9. The van der Waals surface area contributed by atoms with Crippen LogP contribution in [0.5, 0.6) is 11.5 Å². The second kappa shape index (κ2) is 13.8. The number of carbonyl (C=O) groups excluding carboxylic acids is 3. The highest BCUT2D eigenvalue weighted by atomic mass is 16.5. The summed E-state index contributed by atoms with van der Waals surface area (Å²) in [6, 6.07) is 10.4. The van der Waals surface area contributed by atoms with Gasteiger partial charge < -0.3 is 30.3 Å². The Labute approximate surface area is 223 Å². The van der Waals surface area contributed by atoms with Crippen molar-refractivity contribution in [3.8, 4) is 11.5 Å². The lowest BCUT2D eigenvalue weighted by molar-refractivity contribution is -0.131. The van der Waals surface area contributed by atoms with Gasteiger partial charge in [-0.25, -0.2) is 0 Å². The summed E-state index contributed by atoms with van der Waals surface area (Å²) in [6.45, 7) is 2.65. The van der Waals surface area contributed by atoms with Crippen LogP contribution < -0.4 is 25.4 Å². The van der Waals surface area contributed by atoms with Crippen molar-refractivity contribution >= 4 is 17.7 Å². The van der Waals surface area contributed by atoms with E-state index in [1.807, 2.05) is 23.1 Å². The van der Waals surface area contributed by atoms with Crippen LogP contribution in [-0.4, -0.2) is 79.6 Å². The number of aryl methyl sites for hydroxylation is 1. The molecule has 1 saturated heterocycles. The summed E-state index contributed by atoms with van der Waals surface area (Å²) in [5, 5.41) is 9.17. The zero-order valence-electron chi connectivity index (χ0n) is 21.9. The van der Waals surface area contributed by atoms with E-state index in [4.69, 9.17) is 9.47 Å². The Balaban J connectivity index is 1.42. The molecule has 1 fully saturated rings. The molecule has 38 heavy (non-hydrogen) atoms. The Morgan fingerprint density at radius 3 is 2.76 bits per heavy atom. The molecule has 204 valence electrons. The fourth-order valence-corrected chi connectivity index (χ4v) is 4.72. The van der Waals surface area contributed by atoms with Gasteiger partial charge >= 0.3 is 0 Å². The Morgan fingerprint density at radius 1 is 1.11 bits per heavy atom. The number of carbonyl (C=O) groups is 3. The van der Waals surface area contributed by atoms with E-state index in [0.717, 1.165) is 18.5 Å². The highest BCUT2D eigenvalue weighted by Gasteiger charge is 2.31. The smallest absolute Gasteiger partial charge is 0.251 e. The van der Waals surface area contributed by atoms with Crippen molar-refractivity contribution in [2.45, 2.75) is 50.7 Å². The van der Waals surface area contributed by atoms with Gasteiger partial charge in [-0.15, -0.1) is 0 Å². The number of hydrogen-bond donors (Lipinski definition) is 3. The highest BCUT2D eigenvalue weighted by molar-refractivity contribution is 5.94. The summed E-state index contributed by atoms with van der Waals surface area (Å²) in [6.07, 6.45) is 5.17. The number of aromatic nitrogens is 1. The van der Waals surface area contributed by atoms with Gasteiger partial charge in [0.1, 0.15) is 6.10 Å². The van der Waals surface area contributed by atoms with E-state index in [1.54, 1.807) is 31.5 Å². The first-order valence-corrected chi connectivity index (χ1v) is 13.3. The topological polar surface area (TPSA) is 122 Å². The van der Waals surface area contributed by atoms with Crippen molar-refractivity contribution in [2.75, 3.05) is 39.8 Å². The molecule has 4 bridgehead atoms. The Kier molecular flexibility index (Phi) is 9.91. The number of nitrogens with one attached hydrogen (secondary N) is 3. The molecule has 4 rings (SSSR count). The van der Waals surface area contributed by atoms with Crippen molar-refractivity contribution in [2.24, 2.45) is 0 Å². The molecule has 1 aromatic carbocycles. The van der Waals surface area contributed by atoms with Crippen LogP contribution in [0.15, 0.2) is 42.6 Å². The molecular formula is C28H37N5O5. The number of fused-ring (bicyclic) bond motifs is 4. The average Bonchev–Trinajstić information content (AvgIpc) is 3.41. The first-order chi connectivity index (χ1) is 18.5. The molecule has 10 nitrogen and oxygen atoms in total. The molecule has 3 N–H and O–H groups in total. The molecule has 2 aliphatic heterocycles. The lowest BCUT2D eigenvalue weighted by atomic mass is 10.1. The van der Waals surface area contributed by atoms with E-state index < -0.39 is 0 Å². The van der Waals surface area contributed by atoms with E-state index >= 15 is 0 Å². The van der Waals surface area contributed by atoms with Gasteiger partial charge in [0.2, 0.25) is 11.8 Å². The quantitative estimate of drug-likeness (QED) is 0.558. The van der Waals surface area contributed by atoms with Gasteiger partial charge in [-0.2, -0.15) is 0 Å². The van der Waals surface area contributed by atoms with E-state index in [9.17, 15) is 14.4 Å². The van der Waals surface area contributed by atoms with Crippen LogP contribution in [0.2, 0.25) is 0 Å². The second-order valence-electron chi connectivity index (χ2n) is 9.61. The number of methoxy groups -OCH3 is 1. The number of nitrogens with zero attached hydrogens (tertiary/aromatic N) is 2. The summed E-state index contributed by atoms with van der Waals surface area (Å²) >= 11 is 0. The monoisotopic (exact) mass is 523 g/mol. The summed E-state index contributed by atoms with van der Waals surface area (Å²) in [5.41, 5.74) is 1.35. The average molecular weight is 524 g/mol. The van der Waals surface area contributed by atoms with Crippen LogP contribution >= 0.6 is 0 Å². The van der Waals surface area contributed by atoms with Gasteiger partial charge in [-0.05, 0) is 56.0 Å². The van der Waals surface area contributed by atoms with Crippen LogP contribution in [0.3, 0.4) is 0 Å². The number of hydrogen-bond acceptors (Lipinski definition) is 7. The van der Waals surface area contributed by atoms with Gasteiger partial charge in [0, 0.05) is 63.0 Å². The molecule has 0 saturated carbocycles. The zero-order chi connectivity index (χ0) is 26.7. The van der Waals surface area contributed by atoms with Gasteiger partial charge in [0.05, 0.1) is 13.2 Å². The normalized spacial score (nSPS) is 21.2. The van der Waals surface area contributed by atoms with E-state index in [-0.39, 0.29) is 29.9 Å². The second-order valence-corrected chi connectivity index (χ2v) is 9.61. The molecule has 2 atom stereocenters. The summed E-state index contributed by atoms with van der Waals surface area (Å²) < 4.78 is 11.6. The fraction of sp³-hybridized carbons (Fsp3) is 0.500. The molecule has 1 aromatic heterocycles. The highest BCUT2D eigenvalue weighted by Crippen LogP contribution is 2.30. The molecule has 0 unspecified atom stereocenters. The summed E-state index contributed by atoms with van der Waals surface area (Å²) in [7, 11) is 1.55. The van der Waals surface area contributed by atoms with Gasteiger partial charge in [-0.3, -0.25) is 19.4 Å². The fourth-order valence-electron chi connectivity index (χ4n) is 4.72. The number of pyridine rings is 1. The van der Waals surface area contributed by atoms with E-state index in [0.29, 0.717) is 75.5 Å². The summed E-state index contributed by atoms with van der Waals surface area (Å²) in [5.74, 6) is 0.786. The molecule has 2 aliphatic rings. The molecule has 0 aliphatic carbocycles. The third-order valence-electron chi connectivity index (χ3n) is 6.84. The van der Waals surface area contributed by atoms with E-state index in [1.165, 1.54) is 0 Å². The van der Waals surface area contributed by atoms with Crippen LogP contribution in [-0.2, 0) is 16.0 Å². The Bertz CT molecular complexity index is 1100. The standard InChI is InChI=1S/C28H37N5O5/c1-37-24-10-8-20-17-25(24)38-22-18-23(32-19-22)28(36)31-13-4-5-15-33(16-6-14-30-27(20)35)26(34)11-9-21-7-2-3-12-29-21/h2-3,7-8,10,12,17,22-23,32H,4-6,9,11,13-16,18-19H2,1H3,(H,30,35)(H,31,36)/t22-,23-/m0/s1. The van der Waals surface area contributed by atoms with Crippen LogP contribution in [0.4, 0.5) is 0 Å². The molecule has 3 amide bonds. The van der Waals surface area contributed by atoms with Crippen LogP contribution in [0, 0.1) is 0 Å². The molecule has 2 aromatic rings. The van der Waals surface area contributed by atoms with Gasteiger partial charge in [0.25, 0.3) is 5.91 Å². The lowest BCUT2D eigenvalue weighted by Gasteiger charge is -2.23. The number of benzene rings is 1. The first-order valence-electron chi connectivity index (χ1n) is 13.3. The largest absolute Gasteiger partial charge is 0.493 e. The SMILES string of the molecule is COc1ccc2cc1O[C@@H]1CN[C@@H](C1)C(=O)NCCCCN(C(=O)CCc1ccccn1)CCCNC2=O. The van der Waals surface area contributed by atoms with Crippen molar-refractivity contribution in [1.29, 1.82) is 0 Å². The predicted molar refractivity (Wildman–Crippen MR) is 142 cm³/mol. The van der Waals surface area contributed by atoms with E-state index in [2.05, 4.69) is 20.9 Å². The van der Waals surface area contributed by atoms with Gasteiger partial charge in [-0.1, -0.05) is 6.07 Å². The van der Waals surface area contributed by atoms with Crippen molar-refractivity contribution in [3.05, 3.63) is 53.9 Å². The van der Waals surface area contributed by atoms with Crippen LogP contribution in [0.1, 0.15) is 48.2 Å². The van der Waals surface area contributed by atoms with Crippen molar-refractivity contribution < 1.29 is 23.9 Å². The number of amides is 3. The molecular weight excluding hydrogens is 486 g/mol. The minimum absolute atomic E-state index is 0.0580. The van der Waals surface area contributed by atoms with Gasteiger partial charge in [0.15, 0.2) is 11.5 Å². The summed E-state index contributed by atoms with van der Waals surface area (Å²) in [4.78, 5) is 44.7. The third kappa shape index (κ3) is 7.67. The van der Waals surface area contributed by atoms with Crippen molar-refractivity contribution in [3.63, 3.8) is 0 Å². The minimum Gasteiger partial charge on any atom is -0.493 e. The maximum Gasteiger partial charge on any atom is 0.251 e. The molecule has 3 heterocycles. The predicted octanol–water partition coefficient (Wildman–Crippen LogP) is 1.69. The number of ether oxygens (including phenoxy) is 2. The Hall–Kier alpha value is -3.66. The Morgan fingerprint density at radius 2 is 1.95 bits per heavy atom. The number of rotatable bonds is 4. The maximum atomic E-state index is 13.0. The van der Waals surface area contributed by atoms with Crippen LogP contribution in [0.25, 0.3) is 0 Å². The third-order valence-corrected chi connectivity index (χ3v) is 6.84.